The average molecular weight is 215 g/mol. The predicted octanol–water partition coefficient (Wildman–Crippen LogP) is 1.55. The Labute approximate surface area is 67.6 Å². The minimum absolute atomic E-state index is 0.235. The molecule has 0 aliphatic rings. The van der Waals surface area contributed by atoms with Gasteiger partial charge in [-0.1, -0.05) is 15.9 Å². The Bertz CT molecular complexity index is 95.0. The topological polar surface area (TPSA) is 26.3 Å². The molecule has 0 rings (SSSR count). The van der Waals surface area contributed by atoms with E-state index in [0.717, 1.165) is 0 Å². The molecule has 0 amide bonds. The number of esters is 1. The van der Waals surface area contributed by atoms with Gasteiger partial charge in [0.25, 0.3) is 0 Å². The second kappa shape index (κ2) is 5.06. The third kappa shape index (κ3) is 4.73. The third-order valence-corrected chi connectivity index (χ3v) is 1.17. The fourth-order valence-corrected chi connectivity index (χ4v) is 0.463. The maximum atomic E-state index is 10.6. The molecule has 0 aliphatic carbocycles. The zero-order valence-electron chi connectivity index (χ0n) is 5.06. The number of carbonyl (C=O) groups excluding carboxylic acids is 1. The first-order valence-corrected chi connectivity index (χ1v) is 4.00. The summed E-state index contributed by atoms with van der Waals surface area (Å²) in [4.78, 5) is 10.3. The molecule has 9 heavy (non-hydrogen) atoms. The Morgan fingerprint density at radius 1 is 1.89 bits per heavy atom. The molecule has 0 saturated heterocycles. The number of rotatable bonds is 3. The molecule has 0 aromatic heterocycles. The van der Waals surface area contributed by atoms with Crippen LogP contribution in [0.5, 0.6) is 0 Å². The van der Waals surface area contributed by atoms with Gasteiger partial charge in [0.15, 0.2) is 0 Å². The number of hydrogen-bond donors (Lipinski definition) is 0. The van der Waals surface area contributed by atoms with E-state index in [2.05, 4.69) is 20.7 Å². The van der Waals surface area contributed by atoms with E-state index in [-0.39, 0.29) is 17.4 Å². The Morgan fingerprint density at radius 3 is 2.78 bits per heavy atom. The minimum Gasteiger partial charge on any atom is -0.464 e. The van der Waals surface area contributed by atoms with Crippen molar-refractivity contribution >= 4 is 33.5 Å². The zero-order valence-corrected chi connectivity index (χ0v) is 7.41. The molecule has 0 aliphatic heterocycles. The summed E-state index contributed by atoms with van der Waals surface area (Å²) in [6.07, 6.45) is 0. The van der Waals surface area contributed by atoms with Gasteiger partial charge >= 0.3 is 5.97 Å². The average Bonchev–Trinajstić information content (AvgIpc) is 1.82. The van der Waals surface area contributed by atoms with Crippen molar-refractivity contribution in [3.05, 3.63) is 0 Å². The van der Waals surface area contributed by atoms with E-state index < -0.39 is 0 Å². The maximum absolute atomic E-state index is 10.6. The van der Waals surface area contributed by atoms with Crippen LogP contribution in [0.4, 0.5) is 0 Å². The van der Waals surface area contributed by atoms with Crippen molar-refractivity contribution in [3.8, 4) is 0 Å². The first-order chi connectivity index (χ1) is 4.18. The molecule has 0 aromatic rings. The lowest BCUT2D eigenvalue weighted by Crippen LogP contribution is -2.14. The maximum Gasteiger partial charge on any atom is 0.319 e. The van der Waals surface area contributed by atoms with E-state index in [0.29, 0.717) is 5.88 Å². The van der Waals surface area contributed by atoms with E-state index >= 15 is 0 Å². The van der Waals surface area contributed by atoms with Crippen LogP contribution in [-0.2, 0) is 9.53 Å². The van der Waals surface area contributed by atoms with Crippen molar-refractivity contribution in [2.24, 2.45) is 0 Å². The Balaban J connectivity index is 3.28. The highest BCUT2D eigenvalue weighted by atomic mass is 79.9. The number of hydrogen-bond acceptors (Lipinski definition) is 2. The lowest BCUT2D eigenvalue weighted by Gasteiger charge is -2.01. The summed E-state index contributed by atoms with van der Waals surface area (Å²) >= 11 is 8.31. The van der Waals surface area contributed by atoms with E-state index in [1.54, 1.807) is 6.92 Å². The molecule has 2 nitrogen and oxygen atoms in total. The van der Waals surface area contributed by atoms with Crippen LogP contribution in [0.15, 0.2) is 0 Å². The largest absolute Gasteiger partial charge is 0.464 e. The monoisotopic (exact) mass is 214 g/mol. The van der Waals surface area contributed by atoms with Crippen LogP contribution in [0, 0.1) is 0 Å². The van der Waals surface area contributed by atoms with Crippen molar-refractivity contribution < 1.29 is 9.53 Å². The van der Waals surface area contributed by atoms with E-state index in [1.165, 1.54) is 0 Å². The van der Waals surface area contributed by atoms with Crippen molar-refractivity contribution in [1.29, 1.82) is 0 Å². The molecule has 0 bridgehead atoms. The van der Waals surface area contributed by atoms with Crippen LogP contribution < -0.4 is 0 Å². The van der Waals surface area contributed by atoms with Gasteiger partial charge < -0.3 is 4.74 Å². The number of carbonyl (C=O) groups is 1. The molecule has 4 heteroatoms. The zero-order chi connectivity index (χ0) is 7.28. The van der Waals surface area contributed by atoms with Crippen LogP contribution in [0.1, 0.15) is 6.92 Å². The normalized spacial score (nSPS) is 12.8. The van der Waals surface area contributed by atoms with Gasteiger partial charge in [0.1, 0.15) is 11.4 Å². The van der Waals surface area contributed by atoms with Crippen LogP contribution in [-0.4, -0.2) is 23.3 Å². The highest BCUT2D eigenvalue weighted by Crippen LogP contribution is 1.99. The fourth-order valence-electron chi connectivity index (χ4n) is 0.254. The molecule has 1 atom stereocenters. The van der Waals surface area contributed by atoms with Gasteiger partial charge in [0.05, 0.1) is 5.88 Å². The first-order valence-electron chi connectivity index (χ1n) is 2.55. The van der Waals surface area contributed by atoms with Gasteiger partial charge in [-0.25, -0.2) is 0 Å². The SMILES string of the molecule is C[C@@H](Br)C(=O)OCCCl. The molecule has 0 heterocycles. The molecule has 0 spiro atoms. The standard InChI is InChI=1S/C5H8BrClO2/c1-4(6)5(8)9-3-2-7/h4H,2-3H2,1H3/t4-/m1/s1. The summed E-state index contributed by atoms with van der Waals surface area (Å²) in [5.74, 6) is 0.0847. The van der Waals surface area contributed by atoms with Crippen molar-refractivity contribution in [3.63, 3.8) is 0 Å². The molecular formula is C5H8BrClO2. The Hall–Kier alpha value is 0.240. The van der Waals surface area contributed by atoms with Gasteiger partial charge in [-0.15, -0.1) is 11.6 Å². The molecule has 0 N–H and O–H groups in total. The second-order valence-electron chi connectivity index (χ2n) is 1.47. The molecule has 0 fully saturated rings. The molecule has 0 saturated carbocycles. The van der Waals surface area contributed by atoms with Gasteiger partial charge in [-0.2, -0.15) is 0 Å². The predicted molar refractivity (Wildman–Crippen MR) is 40.1 cm³/mol. The molecule has 0 radical (unpaired) electrons. The van der Waals surface area contributed by atoms with Crippen LogP contribution in [0.2, 0.25) is 0 Å². The molecule has 54 valence electrons. The summed E-state index contributed by atoms with van der Waals surface area (Å²) in [5.41, 5.74) is 0. The molecular weight excluding hydrogens is 207 g/mol. The summed E-state index contributed by atoms with van der Waals surface area (Å²) in [5, 5.41) is 0. The molecule has 0 unspecified atom stereocenters. The minimum atomic E-state index is -0.268. The van der Waals surface area contributed by atoms with Gasteiger partial charge in [0, 0.05) is 0 Å². The summed E-state index contributed by atoms with van der Waals surface area (Å²) in [7, 11) is 0. The highest BCUT2D eigenvalue weighted by molar-refractivity contribution is 9.10. The smallest absolute Gasteiger partial charge is 0.319 e. The summed E-state index contributed by atoms with van der Waals surface area (Å²) < 4.78 is 4.63. The van der Waals surface area contributed by atoms with Gasteiger partial charge in [0.2, 0.25) is 0 Å². The van der Waals surface area contributed by atoms with E-state index in [1.807, 2.05) is 0 Å². The lowest BCUT2D eigenvalue weighted by atomic mass is 10.5. The molecule has 0 aromatic carbocycles. The van der Waals surface area contributed by atoms with Crippen LogP contribution in [0.3, 0.4) is 0 Å². The third-order valence-electron chi connectivity index (χ3n) is 0.646. The van der Waals surface area contributed by atoms with Gasteiger partial charge in [-0.3, -0.25) is 4.79 Å². The van der Waals surface area contributed by atoms with Crippen LogP contribution in [0.25, 0.3) is 0 Å². The van der Waals surface area contributed by atoms with Crippen molar-refractivity contribution in [1.82, 2.24) is 0 Å². The second-order valence-corrected chi connectivity index (χ2v) is 3.22. The van der Waals surface area contributed by atoms with E-state index in [4.69, 9.17) is 11.6 Å². The fraction of sp³-hybridized carbons (Fsp3) is 0.800. The summed E-state index contributed by atoms with van der Waals surface area (Å²) in [6, 6.07) is 0. The highest BCUT2D eigenvalue weighted by Gasteiger charge is 2.08. The quantitative estimate of drug-likeness (QED) is 0.527. The van der Waals surface area contributed by atoms with Crippen molar-refractivity contribution in [2.75, 3.05) is 12.5 Å². The Kier molecular flexibility index (Phi) is 5.19. The van der Waals surface area contributed by atoms with E-state index in [9.17, 15) is 4.79 Å². The first kappa shape index (κ1) is 9.24. The van der Waals surface area contributed by atoms with Gasteiger partial charge in [-0.05, 0) is 6.92 Å². The summed E-state index contributed by atoms with van der Waals surface area (Å²) in [6.45, 7) is 1.99. The number of ether oxygens (including phenoxy) is 1. The Morgan fingerprint density at radius 2 is 2.44 bits per heavy atom. The van der Waals surface area contributed by atoms with Crippen LogP contribution >= 0.6 is 27.5 Å². The van der Waals surface area contributed by atoms with Crippen molar-refractivity contribution in [2.45, 2.75) is 11.8 Å². The lowest BCUT2D eigenvalue weighted by molar-refractivity contribution is -0.141. The number of halogens is 2. The number of alkyl halides is 2.